The smallest absolute Gasteiger partial charge is 0.215 e. The molecule has 0 amide bonds. The second-order valence-electron chi connectivity index (χ2n) is 3.68. The second kappa shape index (κ2) is 4.49. The van der Waals surface area contributed by atoms with Crippen molar-refractivity contribution in [3.8, 4) is 16.9 Å². The van der Waals surface area contributed by atoms with E-state index in [-0.39, 0.29) is 0 Å². The first-order valence-corrected chi connectivity index (χ1v) is 5.08. The molecule has 1 heterocycles. The molecule has 0 bridgehead atoms. The third-order valence-electron chi connectivity index (χ3n) is 2.50. The van der Waals surface area contributed by atoms with Crippen LogP contribution in [0.25, 0.3) is 11.1 Å². The van der Waals surface area contributed by atoms with Gasteiger partial charge in [-0.25, -0.2) is 9.37 Å². The van der Waals surface area contributed by atoms with Crippen molar-refractivity contribution in [2.45, 2.75) is 6.92 Å². The molecule has 0 radical (unpaired) electrons. The Bertz CT molecular complexity index is 555. The Kier molecular flexibility index (Phi) is 3.04. The zero-order valence-electron chi connectivity index (χ0n) is 9.50. The van der Waals surface area contributed by atoms with E-state index in [0.29, 0.717) is 22.4 Å². The average molecular weight is 235 g/mol. The molecule has 17 heavy (non-hydrogen) atoms. The predicted octanol–water partition coefficient (Wildman–Crippen LogP) is 3.34. The summed E-state index contributed by atoms with van der Waals surface area (Å²) >= 11 is 0. The number of hydrogen-bond donors (Lipinski definition) is 0. The van der Waals surface area contributed by atoms with Gasteiger partial charge in [0, 0.05) is 22.9 Å². The molecule has 4 heteroatoms. The Morgan fingerprint density at radius 2 is 1.94 bits per heavy atom. The fraction of sp³-hybridized carbons (Fsp3) is 0.154. The Morgan fingerprint density at radius 1 is 1.18 bits per heavy atom. The monoisotopic (exact) mass is 235 g/mol. The molecule has 0 spiro atoms. The molecule has 0 unspecified atom stereocenters. The summed E-state index contributed by atoms with van der Waals surface area (Å²) in [5.74, 6) is -0.390. The number of hydrogen-bond acceptors (Lipinski definition) is 2. The summed E-state index contributed by atoms with van der Waals surface area (Å²) in [5, 5.41) is 0. The summed E-state index contributed by atoms with van der Waals surface area (Å²) in [7, 11) is 1.51. The van der Waals surface area contributed by atoms with Crippen LogP contribution in [0.1, 0.15) is 5.56 Å². The number of methoxy groups -OCH3 is 1. The first kappa shape index (κ1) is 11.5. The van der Waals surface area contributed by atoms with Gasteiger partial charge in [0.2, 0.25) is 5.95 Å². The molecule has 0 saturated heterocycles. The molecule has 2 rings (SSSR count). The molecule has 0 aliphatic heterocycles. The van der Waals surface area contributed by atoms with Gasteiger partial charge in [0.25, 0.3) is 0 Å². The van der Waals surface area contributed by atoms with Gasteiger partial charge in [-0.05, 0) is 31.2 Å². The molecule has 0 fully saturated rings. The van der Waals surface area contributed by atoms with Crippen LogP contribution >= 0.6 is 0 Å². The highest BCUT2D eigenvalue weighted by molar-refractivity contribution is 5.65. The summed E-state index contributed by atoms with van der Waals surface area (Å²) < 4.78 is 31.7. The van der Waals surface area contributed by atoms with Crippen LogP contribution < -0.4 is 4.74 Å². The molecular formula is C13H11F2NO. The lowest BCUT2D eigenvalue weighted by Crippen LogP contribution is -1.92. The van der Waals surface area contributed by atoms with E-state index in [4.69, 9.17) is 4.74 Å². The van der Waals surface area contributed by atoms with E-state index < -0.39 is 11.8 Å². The van der Waals surface area contributed by atoms with Crippen LogP contribution in [0.2, 0.25) is 0 Å². The van der Waals surface area contributed by atoms with Crippen LogP contribution in [0.3, 0.4) is 0 Å². The van der Waals surface area contributed by atoms with Crippen molar-refractivity contribution in [1.29, 1.82) is 0 Å². The van der Waals surface area contributed by atoms with Gasteiger partial charge < -0.3 is 4.74 Å². The zero-order valence-corrected chi connectivity index (χ0v) is 9.50. The third kappa shape index (κ3) is 2.25. The van der Waals surface area contributed by atoms with Crippen molar-refractivity contribution >= 4 is 0 Å². The van der Waals surface area contributed by atoms with Crippen LogP contribution in [0.15, 0.2) is 30.5 Å². The van der Waals surface area contributed by atoms with Gasteiger partial charge in [0.05, 0.1) is 7.11 Å². The summed E-state index contributed by atoms with van der Waals surface area (Å²) in [6.07, 6.45) is 1.31. The normalized spacial score (nSPS) is 10.4. The standard InChI is InChI=1S/C13H11F2NO/c1-8-5-9(7-16-13(8)15)11-6-10(17-2)3-4-12(11)14/h3-7H,1-2H3. The van der Waals surface area contributed by atoms with E-state index in [0.717, 1.165) is 0 Å². The van der Waals surface area contributed by atoms with Crippen molar-refractivity contribution in [2.24, 2.45) is 0 Å². The predicted molar refractivity (Wildman–Crippen MR) is 60.9 cm³/mol. The molecule has 0 aliphatic carbocycles. The van der Waals surface area contributed by atoms with Gasteiger partial charge >= 0.3 is 0 Å². The van der Waals surface area contributed by atoms with E-state index in [9.17, 15) is 8.78 Å². The maximum Gasteiger partial charge on any atom is 0.215 e. The van der Waals surface area contributed by atoms with Crippen molar-refractivity contribution < 1.29 is 13.5 Å². The van der Waals surface area contributed by atoms with Crippen LogP contribution in [0.4, 0.5) is 8.78 Å². The van der Waals surface area contributed by atoms with E-state index in [1.165, 1.54) is 25.4 Å². The maximum atomic E-state index is 13.6. The SMILES string of the molecule is COc1ccc(F)c(-c2cnc(F)c(C)c2)c1. The van der Waals surface area contributed by atoms with Gasteiger partial charge in [-0.15, -0.1) is 0 Å². The van der Waals surface area contributed by atoms with Crippen molar-refractivity contribution in [3.05, 3.63) is 47.8 Å². The number of aromatic nitrogens is 1. The summed E-state index contributed by atoms with van der Waals surface area (Å²) in [6.45, 7) is 1.59. The Labute approximate surface area is 97.9 Å². The molecule has 2 nitrogen and oxygen atoms in total. The van der Waals surface area contributed by atoms with Crippen molar-refractivity contribution in [1.82, 2.24) is 4.98 Å². The number of ether oxygens (including phenoxy) is 1. The molecule has 1 aromatic carbocycles. The molecule has 0 saturated carbocycles. The number of nitrogens with zero attached hydrogens (tertiary/aromatic N) is 1. The highest BCUT2D eigenvalue weighted by Crippen LogP contribution is 2.27. The number of benzene rings is 1. The second-order valence-corrected chi connectivity index (χ2v) is 3.68. The van der Waals surface area contributed by atoms with E-state index >= 15 is 0 Å². The highest BCUT2D eigenvalue weighted by atomic mass is 19.1. The molecule has 0 aliphatic rings. The molecule has 0 N–H and O–H groups in total. The van der Waals surface area contributed by atoms with E-state index in [1.807, 2.05) is 0 Å². The van der Waals surface area contributed by atoms with Crippen LogP contribution in [-0.4, -0.2) is 12.1 Å². The Balaban J connectivity index is 2.55. The number of halogens is 2. The zero-order chi connectivity index (χ0) is 12.4. The molecule has 1 aromatic heterocycles. The summed E-state index contributed by atoms with van der Waals surface area (Å²) in [6, 6.07) is 5.96. The molecule has 88 valence electrons. The minimum Gasteiger partial charge on any atom is -0.497 e. The van der Waals surface area contributed by atoms with Gasteiger partial charge in [0.1, 0.15) is 11.6 Å². The molecular weight excluding hydrogens is 224 g/mol. The summed E-state index contributed by atoms with van der Waals surface area (Å²) in [5.41, 5.74) is 1.25. The number of rotatable bonds is 2. The first-order valence-electron chi connectivity index (χ1n) is 5.08. The van der Waals surface area contributed by atoms with E-state index in [1.54, 1.807) is 19.1 Å². The quantitative estimate of drug-likeness (QED) is 0.745. The van der Waals surface area contributed by atoms with E-state index in [2.05, 4.69) is 4.98 Å². The van der Waals surface area contributed by atoms with Gasteiger partial charge in [0.15, 0.2) is 0 Å². The van der Waals surface area contributed by atoms with Crippen LogP contribution in [-0.2, 0) is 0 Å². The highest BCUT2D eigenvalue weighted by Gasteiger charge is 2.09. The van der Waals surface area contributed by atoms with Crippen molar-refractivity contribution in [2.75, 3.05) is 7.11 Å². The fourth-order valence-corrected chi connectivity index (χ4v) is 1.56. The minimum absolute atomic E-state index is 0.347. The fourth-order valence-electron chi connectivity index (χ4n) is 1.56. The lowest BCUT2D eigenvalue weighted by atomic mass is 10.1. The lowest BCUT2D eigenvalue weighted by Gasteiger charge is -2.07. The molecule has 0 atom stereocenters. The minimum atomic E-state index is -0.544. The number of pyridine rings is 1. The third-order valence-corrected chi connectivity index (χ3v) is 2.50. The largest absolute Gasteiger partial charge is 0.497 e. The first-order chi connectivity index (χ1) is 8.11. The summed E-state index contributed by atoms with van der Waals surface area (Å²) in [4.78, 5) is 3.58. The van der Waals surface area contributed by atoms with Gasteiger partial charge in [-0.2, -0.15) is 4.39 Å². The van der Waals surface area contributed by atoms with Gasteiger partial charge in [-0.1, -0.05) is 0 Å². The van der Waals surface area contributed by atoms with Crippen LogP contribution in [0.5, 0.6) is 5.75 Å². The Hall–Kier alpha value is -1.97. The van der Waals surface area contributed by atoms with Gasteiger partial charge in [-0.3, -0.25) is 0 Å². The lowest BCUT2D eigenvalue weighted by molar-refractivity contribution is 0.414. The van der Waals surface area contributed by atoms with Crippen molar-refractivity contribution in [3.63, 3.8) is 0 Å². The molecule has 2 aromatic rings. The van der Waals surface area contributed by atoms with Crippen LogP contribution in [0, 0.1) is 18.7 Å². The topological polar surface area (TPSA) is 22.1 Å². The maximum absolute atomic E-state index is 13.6. The Morgan fingerprint density at radius 3 is 2.59 bits per heavy atom. The number of aryl methyl sites for hydroxylation is 1. The average Bonchev–Trinajstić information content (AvgIpc) is 2.33.